The second kappa shape index (κ2) is 9.36. The number of amides is 2. The number of carbonyl (C=O) groups is 2. The van der Waals surface area contributed by atoms with Gasteiger partial charge in [0.1, 0.15) is 17.3 Å². The zero-order chi connectivity index (χ0) is 24.7. The second-order valence-corrected chi connectivity index (χ2v) is 9.87. The number of aryl methyl sites for hydroxylation is 1. The van der Waals surface area contributed by atoms with Gasteiger partial charge in [-0.05, 0) is 56.4 Å². The monoisotopic (exact) mass is 478 g/mol. The molecule has 1 saturated heterocycles. The highest BCUT2D eigenvalue weighted by atomic mass is 16.5. The molecule has 2 aromatic rings. The first-order valence-electron chi connectivity index (χ1n) is 12.5. The molecule has 3 aliphatic rings. The van der Waals surface area contributed by atoms with Gasteiger partial charge in [-0.3, -0.25) is 9.59 Å². The first kappa shape index (κ1) is 23.4. The van der Waals surface area contributed by atoms with Crippen LogP contribution in [0, 0.1) is 0 Å². The second-order valence-electron chi connectivity index (χ2n) is 9.87. The molecule has 3 heterocycles. The van der Waals surface area contributed by atoms with Crippen LogP contribution in [0.2, 0.25) is 0 Å². The maximum absolute atomic E-state index is 13.3. The number of nitrogens with zero attached hydrogens (tertiary/aromatic N) is 5. The van der Waals surface area contributed by atoms with E-state index in [1.54, 1.807) is 14.0 Å². The van der Waals surface area contributed by atoms with Crippen LogP contribution in [0.25, 0.3) is 0 Å². The molecule has 0 radical (unpaired) electrons. The van der Waals surface area contributed by atoms with Crippen LogP contribution in [0.3, 0.4) is 0 Å². The van der Waals surface area contributed by atoms with Gasteiger partial charge in [0, 0.05) is 44.7 Å². The number of carbonyl (C=O) groups excluding carboxylic acids is 2. The van der Waals surface area contributed by atoms with Crippen molar-refractivity contribution in [2.75, 3.05) is 43.5 Å². The van der Waals surface area contributed by atoms with E-state index in [1.165, 1.54) is 11.1 Å². The van der Waals surface area contributed by atoms with Crippen molar-refractivity contribution < 1.29 is 14.3 Å². The molecule has 1 fully saturated rings. The van der Waals surface area contributed by atoms with Crippen LogP contribution in [-0.4, -0.2) is 70.9 Å². The number of ether oxygens (including phenoxy) is 1. The van der Waals surface area contributed by atoms with Crippen molar-refractivity contribution in [3.05, 3.63) is 40.6 Å². The molecule has 5 rings (SSSR count). The van der Waals surface area contributed by atoms with E-state index in [4.69, 9.17) is 14.7 Å². The van der Waals surface area contributed by atoms with Crippen LogP contribution in [0.5, 0.6) is 5.75 Å². The first-order valence-corrected chi connectivity index (χ1v) is 12.5. The Bertz CT molecular complexity index is 1140. The topological polar surface area (TPSA) is 90.9 Å². The Hall–Kier alpha value is -3.36. The maximum Gasteiger partial charge on any atom is 0.273 e. The quantitative estimate of drug-likeness (QED) is 0.706. The van der Waals surface area contributed by atoms with Gasteiger partial charge in [-0.1, -0.05) is 6.07 Å². The molecular formula is C26H34N6O3. The van der Waals surface area contributed by atoms with Crippen LogP contribution in [0.15, 0.2) is 18.2 Å². The molecule has 35 heavy (non-hydrogen) atoms. The van der Waals surface area contributed by atoms with Gasteiger partial charge in [-0.15, -0.1) is 0 Å². The smallest absolute Gasteiger partial charge is 0.273 e. The van der Waals surface area contributed by atoms with Crippen LogP contribution in [-0.2, 0) is 17.8 Å². The molecule has 2 amide bonds. The number of anilines is 2. The molecule has 1 aromatic heterocycles. The summed E-state index contributed by atoms with van der Waals surface area (Å²) in [5.74, 6) is 2.20. The number of fused-ring (bicyclic) bond motifs is 2. The Balaban J connectivity index is 1.49. The number of hydrogen-bond donors (Lipinski definition) is 1. The molecule has 9 nitrogen and oxygen atoms in total. The summed E-state index contributed by atoms with van der Waals surface area (Å²) in [6.45, 7) is 8.70. The summed E-state index contributed by atoms with van der Waals surface area (Å²) in [6, 6.07) is 6.45. The highest BCUT2D eigenvalue weighted by Crippen LogP contribution is 2.37. The summed E-state index contributed by atoms with van der Waals surface area (Å²) in [5.41, 5.74) is 3.91. The summed E-state index contributed by atoms with van der Waals surface area (Å²) < 4.78 is 5.43. The Morgan fingerprint density at radius 3 is 2.63 bits per heavy atom. The predicted molar refractivity (Wildman–Crippen MR) is 134 cm³/mol. The lowest BCUT2D eigenvalue weighted by Crippen LogP contribution is -2.48. The van der Waals surface area contributed by atoms with E-state index in [0.29, 0.717) is 44.4 Å². The molecule has 1 aromatic carbocycles. The Kier molecular flexibility index (Phi) is 6.25. The minimum Gasteiger partial charge on any atom is -0.497 e. The van der Waals surface area contributed by atoms with Crippen LogP contribution >= 0.6 is 0 Å². The predicted octanol–water partition coefficient (Wildman–Crippen LogP) is 3.01. The summed E-state index contributed by atoms with van der Waals surface area (Å²) in [6.07, 6.45) is 3.09. The van der Waals surface area contributed by atoms with Gasteiger partial charge in [0.15, 0.2) is 0 Å². The van der Waals surface area contributed by atoms with Gasteiger partial charge in [-0.2, -0.15) is 4.98 Å². The number of nitrogens with one attached hydrogen (secondary N) is 1. The Morgan fingerprint density at radius 1 is 1.17 bits per heavy atom. The third kappa shape index (κ3) is 4.39. The van der Waals surface area contributed by atoms with Crippen molar-refractivity contribution in [2.45, 2.75) is 58.7 Å². The molecule has 186 valence electrons. The fourth-order valence-electron chi connectivity index (χ4n) is 5.31. The van der Waals surface area contributed by atoms with Crippen molar-refractivity contribution in [1.29, 1.82) is 0 Å². The highest BCUT2D eigenvalue weighted by Gasteiger charge is 2.36. The standard InChI is InChI=1S/C26H34N6O3/c1-16(2)32-15-21-23(25(32)34)28-26(31-12-10-30(11-13-31)17(3)33)29-24(21)27-22-7-5-6-18-14-19(35-4)8-9-20(18)22/h8-9,14,16,22H,5-7,10-13,15H2,1-4H3,(H,27,28,29). The average Bonchev–Trinajstić information content (AvgIpc) is 3.21. The zero-order valence-electron chi connectivity index (χ0n) is 21.0. The zero-order valence-corrected chi connectivity index (χ0v) is 21.0. The summed E-state index contributed by atoms with van der Waals surface area (Å²) in [5, 5.41) is 3.70. The number of benzene rings is 1. The lowest BCUT2D eigenvalue weighted by atomic mass is 9.87. The lowest BCUT2D eigenvalue weighted by Gasteiger charge is -2.34. The molecular weight excluding hydrogens is 444 g/mol. The molecule has 0 bridgehead atoms. The number of rotatable bonds is 5. The third-order valence-electron chi connectivity index (χ3n) is 7.39. The summed E-state index contributed by atoms with van der Waals surface area (Å²) in [4.78, 5) is 40.5. The molecule has 1 unspecified atom stereocenters. The van der Waals surface area contributed by atoms with E-state index in [2.05, 4.69) is 22.3 Å². The molecule has 0 spiro atoms. The van der Waals surface area contributed by atoms with Crippen LogP contribution in [0.4, 0.5) is 11.8 Å². The average molecular weight is 479 g/mol. The Labute approximate surface area is 206 Å². The number of hydrogen-bond acceptors (Lipinski definition) is 7. The van der Waals surface area contributed by atoms with Crippen LogP contribution in [0.1, 0.15) is 66.8 Å². The van der Waals surface area contributed by atoms with E-state index >= 15 is 0 Å². The van der Waals surface area contributed by atoms with Gasteiger partial charge in [-0.25, -0.2) is 4.98 Å². The van der Waals surface area contributed by atoms with Crippen molar-refractivity contribution in [3.8, 4) is 5.75 Å². The van der Waals surface area contributed by atoms with Crippen molar-refractivity contribution in [3.63, 3.8) is 0 Å². The van der Waals surface area contributed by atoms with Crippen molar-refractivity contribution in [2.24, 2.45) is 0 Å². The van der Waals surface area contributed by atoms with E-state index in [1.807, 2.05) is 29.7 Å². The minimum atomic E-state index is -0.0437. The van der Waals surface area contributed by atoms with Crippen molar-refractivity contribution >= 4 is 23.6 Å². The van der Waals surface area contributed by atoms with Gasteiger partial charge < -0.3 is 24.8 Å². The number of aromatic nitrogens is 2. The molecule has 0 saturated carbocycles. The third-order valence-corrected chi connectivity index (χ3v) is 7.39. The normalized spacial score (nSPS) is 19.6. The molecule has 9 heteroatoms. The largest absolute Gasteiger partial charge is 0.497 e. The van der Waals surface area contributed by atoms with Crippen molar-refractivity contribution in [1.82, 2.24) is 19.8 Å². The number of methoxy groups -OCH3 is 1. The Morgan fingerprint density at radius 2 is 1.94 bits per heavy atom. The van der Waals surface area contributed by atoms with E-state index in [-0.39, 0.29) is 23.9 Å². The highest BCUT2D eigenvalue weighted by molar-refractivity contribution is 5.98. The summed E-state index contributed by atoms with van der Waals surface area (Å²) >= 11 is 0. The van der Waals surface area contributed by atoms with Gasteiger partial charge in [0.25, 0.3) is 5.91 Å². The molecule has 2 aliphatic heterocycles. The minimum absolute atomic E-state index is 0.0437. The lowest BCUT2D eigenvalue weighted by molar-refractivity contribution is -0.129. The SMILES string of the molecule is COc1ccc2c(c1)CCCC2Nc1nc(N2CCN(C(C)=O)CC2)nc2c1CN(C(C)C)C2=O. The molecule has 1 aliphatic carbocycles. The van der Waals surface area contributed by atoms with E-state index in [0.717, 1.165) is 36.4 Å². The maximum atomic E-state index is 13.3. The number of piperazine rings is 1. The van der Waals surface area contributed by atoms with E-state index < -0.39 is 0 Å². The fourth-order valence-corrected chi connectivity index (χ4v) is 5.31. The van der Waals surface area contributed by atoms with Gasteiger partial charge >= 0.3 is 0 Å². The molecule has 1 atom stereocenters. The molecule has 1 N–H and O–H groups in total. The first-order chi connectivity index (χ1) is 16.9. The fraction of sp³-hybridized carbons (Fsp3) is 0.538. The van der Waals surface area contributed by atoms with E-state index in [9.17, 15) is 9.59 Å². The van der Waals surface area contributed by atoms with Gasteiger partial charge in [0.05, 0.1) is 19.7 Å². The summed E-state index contributed by atoms with van der Waals surface area (Å²) in [7, 11) is 1.69. The van der Waals surface area contributed by atoms with Gasteiger partial charge in [0.2, 0.25) is 11.9 Å². The van der Waals surface area contributed by atoms with Crippen LogP contribution < -0.4 is 15.0 Å².